The van der Waals surface area contributed by atoms with Crippen LogP contribution in [0.4, 0.5) is 0 Å². The molecule has 0 saturated carbocycles. The average molecular weight is 264 g/mol. The molecule has 3 nitrogen and oxygen atoms in total. The Kier molecular flexibility index (Phi) is 4.04. The van der Waals surface area contributed by atoms with Gasteiger partial charge < -0.3 is 10.3 Å². The van der Waals surface area contributed by atoms with Crippen molar-refractivity contribution >= 4 is 11.6 Å². The van der Waals surface area contributed by atoms with Gasteiger partial charge in [-0.25, -0.2) is 4.98 Å². The predicted molar refractivity (Wildman–Crippen MR) is 75.8 cm³/mol. The summed E-state index contributed by atoms with van der Waals surface area (Å²) in [5.74, 6) is 0. The number of nitrogens with zero attached hydrogens (tertiary/aromatic N) is 2. The van der Waals surface area contributed by atoms with Gasteiger partial charge >= 0.3 is 0 Å². The summed E-state index contributed by atoms with van der Waals surface area (Å²) in [6.45, 7) is 4.74. The van der Waals surface area contributed by atoms with Gasteiger partial charge in [0.15, 0.2) is 0 Å². The van der Waals surface area contributed by atoms with Crippen molar-refractivity contribution in [3.05, 3.63) is 41.3 Å². The molecule has 0 aliphatic rings. The first-order valence-electron chi connectivity index (χ1n) is 6.15. The van der Waals surface area contributed by atoms with E-state index in [9.17, 15) is 0 Å². The third-order valence-electron chi connectivity index (χ3n) is 3.27. The van der Waals surface area contributed by atoms with E-state index in [-0.39, 0.29) is 6.04 Å². The Labute approximate surface area is 113 Å². The maximum absolute atomic E-state index is 6.18. The van der Waals surface area contributed by atoms with Crippen LogP contribution in [0.1, 0.15) is 24.9 Å². The Morgan fingerprint density at radius 3 is 2.83 bits per heavy atom. The number of hydrogen-bond donors (Lipinski definition) is 1. The van der Waals surface area contributed by atoms with Crippen molar-refractivity contribution in [2.75, 3.05) is 6.54 Å². The molecule has 2 aromatic rings. The van der Waals surface area contributed by atoms with Crippen LogP contribution in [0.5, 0.6) is 0 Å². The zero-order valence-corrected chi connectivity index (χ0v) is 11.5. The maximum Gasteiger partial charge on any atom is 0.0954 e. The highest BCUT2D eigenvalue weighted by Crippen LogP contribution is 2.27. The molecule has 1 atom stereocenters. The highest BCUT2D eigenvalue weighted by Gasteiger charge is 2.12. The second-order valence-corrected chi connectivity index (χ2v) is 4.86. The smallest absolute Gasteiger partial charge is 0.0954 e. The van der Waals surface area contributed by atoms with Crippen LogP contribution >= 0.6 is 11.6 Å². The first kappa shape index (κ1) is 13.1. The molecule has 0 bridgehead atoms. The topological polar surface area (TPSA) is 43.8 Å². The van der Waals surface area contributed by atoms with E-state index in [4.69, 9.17) is 17.3 Å². The molecule has 18 heavy (non-hydrogen) atoms. The summed E-state index contributed by atoms with van der Waals surface area (Å²) < 4.78 is 2.13. The maximum atomic E-state index is 6.18. The van der Waals surface area contributed by atoms with Gasteiger partial charge in [0.1, 0.15) is 0 Å². The number of benzene rings is 1. The van der Waals surface area contributed by atoms with Gasteiger partial charge in [0.2, 0.25) is 0 Å². The molecule has 0 aliphatic carbocycles. The fourth-order valence-corrected chi connectivity index (χ4v) is 2.23. The molecule has 0 fully saturated rings. The third kappa shape index (κ3) is 2.42. The van der Waals surface area contributed by atoms with Crippen LogP contribution in [0.2, 0.25) is 5.02 Å². The van der Waals surface area contributed by atoms with E-state index in [1.165, 1.54) is 0 Å². The second kappa shape index (κ2) is 5.55. The summed E-state index contributed by atoms with van der Waals surface area (Å²) >= 11 is 6.18. The minimum Gasteiger partial charge on any atom is -0.328 e. The van der Waals surface area contributed by atoms with E-state index in [0.717, 1.165) is 28.3 Å². The van der Waals surface area contributed by atoms with Crippen molar-refractivity contribution in [1.82, 2.24) is 9.55 Å². The molecule has 96 valence electrons. The molecule has 0 spiro atoms. The van der Waals surface area contributed by atoms with Crippen molar-refractivity contribution in [3.8, 4) is 11.3 Å². The van der Waals surface area contributed by atoms with Gasteiger partial charge in [-0.3, -0.25) is 0 Å². The lowest BCUT2D eigenvalue weighted by Gasteiger charge is -2.17. The molecule has 0 aliphatic heterocycles. The van der Waals surface area contributed by atoms with Gasteiger partial charge in [-0.15, -0.1) is 0 Å². The SMILES string of the molecule is CCC(CN)n1cncc1-c1ccc(C)c(Cl)c1. The first-order chi connectivity index (χ1) is 8.67. The van der Waals surface area contributed by atoms with E-state index < -0.39 is 0 Å². The summed E-state index contributed by atoms with van der Waals surface area (Å²) in [6, 6.07) is 6.35. The van der Waals surface area contributed by atoms with Crippen LogP contribution < -0.4 is 5.73 Å². The molecular weight excluding hydrogens is 246 g/mol. The van der Waals surface area contributed by atoms with Crippen LogP contribution in [0.3, 0.4) is 0 Å². The molecule has 0 amide bonds. The van der Waals surface area contributed by atoms with E-state index >= 15 is 0 Å². The van der Waals surface area contributed by atoms with E-state index in [0.29, 0.717) is 6.54 Å². The Morgan fingerprint density at radius 1 is 1.44 bits per heavy atom. The molecule has 0 saturated heterocycles. The molecule has 2 rings (SSSR count). The zero-order chi connectivity index (χ0) is 13.1. The summed E-state index contributed by atoms with van der Waals surface area (Å²) in [7, 11) is 0. The van der Waals surface area contributed by atoms with Gasteiger partial charge in [0.05, 0.1) is 18.2 Å². The third-order valence-corrected chi connectivity index (χ3v) is 3.68. The van der Waals surface area contributed by atoms with Crippen LogP contribution in [0.25, 0.3) is 11.3 Å². The normalized spacial score (nSPS) is 12.7. The van der Waals surface area contributed by atoms with Crippen LogP contribution in [-0.4, -0.2) is 16.1 Å². The summed E-state index contributed by atoms with van der Waals surface area (Å²) in [5.41, 5.74) is 9.02. The standard InChI is InChI=1S/C14H18ClN3/c1-3-12(7-16)18-9-17-8-14(18)11-5-4-10(2)13(15)6-11/h4-6,8-9,12H,3,7,16H2,1-2H3. The number of imidazole rings is 1. The van der Waals surface area contributed by atoms with Gasteiger partial charge in [-0.2, -0.15) is 0 Å². The summed E-state index contributed by atoms with van der Waals surface area (Å²) in [6.07, 6.45) is 4.68. The molecular formula is C14H18ClN3. The number of nitrogens with two attached hydrogens (primary N) is 1. The van der Waals surface area contributed by atoms with Crippen LogP contribution in [-0.2, 0) is 0 Å². The molecule has 1 heterocycles. The van der Waals surface area contributed by atoms with E-state index in [2.05, 4.69) is 22.5 Å². The molecule has 2 N–H and O–H groups in total. The number of aryl methyl sites for hydroxylation is 1. The highest BCUT2D eigenvalue weighted by atomic mass is 35.5. The van der Waals surface area contributed by atoms with Crippen molar-refractivity contribution in [2.24, 2.45) is 5.73 Å². The first-order valence-corrected chi connectivity index (χ1v) is 6.53. The highest BCUT2D eigenvalue weighted by molar-refractivity contribution is 6.31. The van der Waals surface area contributed by atoms with E-state index in [1.54, 1.807) is 0 Å². The van der Waals surface area contributed by atoms with Gasteiger partial charge in [-0.05, 0) is 25.0 Å². The molecule has 4 heteroatoms. The summed E-state index contributed by atoms with van der Waals surface area (Å²) in [4.78, 5) is 4.23. The fourth-order valence-electron chi connectivity index (χ4n) is 2.05. The van der Waals surface area contributed by atoms with Crippen LogP contribution in [0, 0.1) is 6.92 Å². The lowest BCUT2D eigenvalue weighted by atomic mass is 10.1. The van der Waals surface area contributed by atoms with Crippen molar-refractivity contribution in [2.45, 2.75) is 26.3 Å². The monoisotopic (exact) mass is 263 g/mol. The molecule has 1 aromatic heterocycles. The average Bonchev–Trinajstić information content (AvgIpc) is 2.83. The Balaban J connectivity index is 2.45. The van der Waals surface area contributed by atoms with Gasteiger partial charge in [0.25, 0.3) is 0 Å². The number of aromatic nitrogens is 2. The van der Waals surface area contributed by atoms with Gasteiger partial charge in [-0.1, -0.05) is 30.7 Å². The minimum absolute atomic E-state index is 0.280. The zero-order valence-electron chi connectivity index (χ0n) is 10.7. The lowest BCUT2D eigenvalue weighted by Crippen LogP contribution is -2.18. The fraction of sp³-hybridized carbons (Fsp3) is 0.357. The number of rotatable bonds is 4. The molecule has 1 unspecified atom stereocenters. The van der Waals surface area contributed by atoms with E-state index in [1.807, 2.05) is 31.6 Å². The second-order valence-electron chi connectivity index (χ2n) is 4.45. The minimum atomic E-state index is 0.280. The largest absolute Gasteiger partial charge is 0.328 e. The molecule has 1 aromatic carbocycles. The Bertz CT molecular complexity index is 530. The number of hydrogen-bond acceptors (Lipinski definition) is 2. The van der Waals surface area contributed by atoms with Gasteiger partial charge in [0, 0.05) is 23.2 Å². The predicted octanol–water partition coefficient (Wildman–Crippen LogP) is 3.42. The quantitative estimate of drug-likeness (QED) is 0.919. The van der Waals surface area contributed by atoms with Crippen molar-refractivity contribution in [3.63, 3.8) is 0 Å². The lowest BCUT2D eigenvalue weighted by molar-refractivity contribution is 0.500. The Hall–Kier alpha value is -1.32. The molecule has 0 radical (unpaired) electrons. The van der Waals surface area contributed by atoms with Crippen molar-refractivity contribution < 1.29 is 0 Å². The Morgan fingerprint density at radius 2 is 2.22 bits per heavy atom. The summed E-state index contributed by atoms with van der Waals surface area (Å²) in [5, 5.41) is 0.779. The number of halogens is 1. The van der Waals surface area contributed by atoms with Crippen molar-refractivity contribution in [1.29, 1.82) is 0 Å². The van der Waals surface area contributed by atoms with Crippen LogP contribution in [0.15, 0.2) is 30.7 Å².